The van der Waals surface area contributed by atoms with Crippen LogP contribution in [0.15, 0.2) is 29.2 Å². The lowest BCUT2D eigenvalue weighted by Crippen LogP contribution is -2.26. The number of hydrogen-bond acceptors (Lipinski definition) is 6. The molecular formula is C12H18N2O4S. The fourth-order valence-electron chi connectivity index (χ4n) is 1.60. The second kappa shape index (κ2) is 7.22. The Morgan fingerprint density at radius 2 is 2.11 bits per heavy atom. The Kier molecular flexibility index (Phi) is 5.94. The Labute approximate surface area is 112 Å². The molecular weight excluding hydrogens is 268 g/mol. The van der Waals surface area contributed by atoms with Crippen molar-refractivity contribution in [1.29, 1.82) is 0 Å². The number of rotatable bonds is 7. The molecule has 3 N–H and O–H groups in total. The molecule has 0 aliphatic rings. The molecule has 0 saturated carbocycles. The van der Waals surface area contributed by atoms with Gasteiger partial charge in [0.05, 0.1) is 10.6 Å². The standard InChI is InChI=1S/C12H18N2O4S/c1-10-5-4-6-11(9-10)19(16,17)8-3-2-7-12(15)18-14-13/h4-6,9,14H,2-3,7-8,13H2,1H3. The van der Waals surface area contributed by atoms with E-state index in [0.717, 1.165) is 5.56 Å². The first kappa shape index (κ1) is 15.6. The van der Waals surface area contributed by atoms with E-state index < -0.39 is 15.8 Å². The molecule has 0 unspecified atom stereocenters. The molecule has 0 bridgehead atoms. The average Bonchev–Trinajstić information content (AvgIpc) is 2.35. The van der Waals surface area contributed by atoms with Crippen LogP contribution in [0.4, 0.5) is 0 Å². The predicted molar refractivity (Wildman–Crippen MR) is 70.5 cm³/mol. The van der Waals surface area contributed by atoms with Gasteiger partial charge in [0.15, 0.2) is 9.84 Å². The number of hydrazine groups is 1. The van der Waals surface area contributed by atoms with Crippen molar-refractivity contribution < 1.29 is 18.0 Å². The number of sulfone groups is 1. The van der Waals surface area contributed by atoms with Crippen molar-refractivity contribution in [3.8, 4) is 0 Å². The van der Waals surface area contributed by atoms with Crippen LogP contribution in [-0.2, 0) is 19.5 Å². The lowest BCUT2D eigenvalue weighted by Gasteiger charge is -2.05. The Bertz CT molecular complexity index is 528. The number of carbonyl (C=O) groups excluding carboxylic acids is 1. The molecule has 1 rings (SSSR count). The summed E-state index contributed by atoms with van der Waals surface area (Å²) in [5.74, 6) is 4.31. The molecule has 0 amide bonds. The van der Waals surface area contributed by atoms with Crippen molar-refractivity contribution in [1.82, 2.24) is 5.59 Å². The zero-order valence-electron chi connectivity index (χ0n) is 10.8. The van der Waals surface area contributed by atoms with Gasteiger partial charge in [-0.15, -0.1) is 0 Å². The summed E-state index contributed by atoms with van der Waals surface area (Å²) < 4.78 is 24.0. The minimum atomic E-state index is -3.29. The third-order valence-corrected chi connectivity index (χ3v) is 4.36. The van der Waals surface area contributed by atoms with Gasteiger partial charge in [-0.3, -0.25) is 4.79 Å². The summed E-state index contributed by atoms with van der Waals surface area (Å²) in [6.07, 6.45) is 0.967. The molecule has 0 radical (unpaired) electrons. The van der Waals surface area contributed by atoms with Gasteiger partial charge in [-0.05, 0) is 37.5 Å². The summed E-state index contributed by atoms with van der Waals surface area (Å²) in [6, 6.07) is 6.78. The summed E-state index contributed by atoms with van der Waals surface area (Å²) in [4.78, 5) is 15.6. The van der Waals surface area contributed by atoms with Gasteiger partial charge in [0.1, 0.15) is 0 Å². The highest BCUT2D eigenvalue weighted by Gasteiger charge is 2.14. The van der Waals surface area contributed by atoms with Crippen molar-refractivity contribution >= 4 is 15.8 Å². The Morgan fingerprint density at radius 1 is 1.37 bits per heavy atom. The maximum Gasteiger partial charge on any atom is 0.326 e. The van der Waals surface area contributed by atoms with E-state index in [9.17, 15) is 13.2 Å². The van der Waals surface area contributed by atoms with E-state index in [2.05, 4.69) is 4.84 Å². The van der Waals surface area contributed by atoms with Gasteiger partial charge in [0, 0.05) is 6.42 Å². The second-order valence-corrected chi connectivity index (χ2v) is 6.29. The lowest BCUT2D eigenvalue weighted by atomic mass is 10.2. The van der Waals surface area contributed by atoms with E-state index >= 15 is 0 Å². The van der Waals surface area contributed by atoms with E-state index in [1.54, 1.807) is 23.8 Å². The summed E-state index contributed by atoms with van der Waals surface area (Å²) in [5.41, 5.74) is 2.69. The van der Waals surface area contributed by atoms with Crippen molar-refractivity contribution in [3.63, 3.8) is 0 Å². The molecule has 7 heteroatoms. The van der Waals surface area contributed by atoms with Crippen LogP contribution in [0, 0.1) is 6.92 Å². The smallest absolute Gasteiger partial charge is 0.326 e. The number of hydrogen-bond donors (Lipinski definition) is 2. The minimum absolute atomic E-state index is 0.0137. The molecule has 0 spiro atoms. The van der Waals surface area contributed by atoms with Crippen LogP contribution in [0.2, 0.25) is 0 Å². The fourth-order valence-corrected chi connectivity index (χ4v) is 3.08. The number of unbranched alkanes of at least 4 members (excludes halogenated alkanes) is 1. The van der Waals surface area contributed by atoms with Gasteiger partial charge in [-0.1, -0.05) is 17.7 Å². The maximum absolute atomic E-state index is 12.0. The predicted octanol–water partition coefficient (Wildman–Crippen LogP) is 0.861. The number of carbonyl (C=O) groups is 1. The van der Waals surface area contributed by atoms with Crippen LogP contribution in [0.3, 0.4) is 0 Å². The molecule has 0 aliphatic heterocycles. The van der Waals surface area contributed by atoms with E-state index in [-0.39, 0.29) is 12.2 Å². The van der Waals surface area contributed by atoms with Crippen LogP contribution in [0.1, 0.15) is 24.8 Å². The van der Waals surface area contributed by atoms with Crippen LogP contribution < -0.4 is 11.4 Å². The normalized spacial score (nSPS) is 11.3. The van der Waals surface area contributed by atoms with Crippen molar-refractivity contribution in [2.75, 3.05) is 5.75 Å². The van der Waals surface area contributed by atoms with Crippen LogP contribution in [0.25, 0.3) is 0 Å². The van der Waals surface area contributed by atoms with Crippen LogP contribution in [0.5, 0.6) is 0 Å². The molecule has 6 nitrogen and oxygen atoms in total. The second-order valence-electron chi connectivity index (χ2n) is 4.18. The molecule has 106 valence electrons. The summed E-state index contributed by atoms with van der Waals surface area (Å²) in [6.45, 7) is 1.84. The summed E-state index contributed by atoms with van der Waals surface area (Å²) >= 11 is 0. The van der Waals surface area contributed by atoms with Gasteiger partial charge < -0.3 is 4.84 Å². The molecule has 0 atom stereocenters. The van der Waals surface area contributed by atoms with Crippen molar-refractivity contribution in [3.05, 3.63) is 29.8 Å². The molecule has 0 heterocycles. The van der Waals surface area contributed by atoms with Gasteiger partial charge in [0.25, 0.3) is 0 Å². The van der Waals surface area contributed by atoms with Crippen molar-refractivity contribution in [2.24, 2.45) is 5.84 Å². The molecule has 0 saturated heterocycles. The Hall–Kier alpha value is -1.44. The highest BCUT2D eigenvalue weighted by atomic mass is 32.2. The molecule has 0 aromatic heterocycles. The van der Waals surface area contributed by atoms with E-state index in [0.29, 0.717) is 17.7 Å². The average molecular weight is 286 g/mol. The fraction of sp³-hybridized carbons (Fsp3) is 0.417. The quantitative estimate of drug-likeness (QED) is 0.438. The number of aryl methyl sites for hydroxylation is 1. The maximum atomic E-state index is 12.0. The molecule has 0 fully saturated rings. The zero-order valence-corrected chi connectivity index (χ0v) is 11.6. The van der Waals surface area contributed by atoms with E-state index in [4.69, 9.17) is 5.84 Å². The Morgan fingerprint density at radius 3 is 2.74 bits per heavy atom. The van der Waals surface area contributed by atoms with E-state index in [1.165, 1.54) is 0 Å². The number of nitrogens with one attached hydrogen (secondary N) is 1. The Balaban J connectivity index is 2.46. The largest absolute Gasteiger partial charge is 0.356 e. The number of nitrogens with two attached hydrogens (primary N) is 1. The zero-order chi connectivity index (χ0) is 14.3. The topological polar surface area (TPSA) is 98.5 Å². The SMILES string of the molecule is Cc1cccc(S(=O)(=O)CCCCC(=O)ONN)c1. The van der Waals surface area contributed by atoms with Gasteiger partial charge in [-0.2, -0.15) is 0 Å². The first-order valence-corrected chi connectivity index (χ1v) is 7.55. The molecule has 19 heavy (non-hydrogen) atoms. The molecule has 0 aliphatic carbocycles. The highest BCUT2D eigenvalue weighted by molar-refractivity contribution is 7.91. The highest BCUT2D eigenvalue weighted by Crippen LogP contribution is 2.14. The van der Waals surface area contributed by atoms with E-state index in [1.807, 2.05) is 13.0 Å². The summed E-state index contributed by atoms with van der Waals surface area (Å²) in [7, 11) is -3.29. The molecule has 1 aromatic carbocycles. The molecule has 1 aromatic rings. The van der Waals surface area contributed by atoms with Crippen LogP contribution >= 0.6 is 0 Å². The lowest BCUT2D eigenvalue weighted by molar-refractivity contribution is -0.151. The van der Waals surface area contributed by atoms with Gasteiger partial charge in [-0.25, -0.2) is 14.3 Å². The van der Waals surface area contributed by atoms with Gasteiger partial charge in [0.2, 0.25) is 0 Å². The first-order valence-electron chi connectivity index (χ1n) is 5.90. The summed E-state index contributed by atoms with van der Waals surface area (Å²) in [5, 5.41) is 0. The van der Waals surface area contributed by atoms with Gasteiger partial charge >= 0.3 is 5.97 Å². The third kappa shape index (κ3) is 5.37. The first-order chi connectivity index (χ1) is 8.95. The number of benzene rings is 1. The third-order valence-electron chi connectivity index (χ3n) is 2.57. The minimum Gasteiger partial charge on any atom is -0.356 e. The monoisotopic (exact) mass is 286 g/mol. The van der Waals surface area contributed by atoms with Crippen LogP contribution in [-0.4, -0.2) is 20.1 Å². The van der Waals surface area contributed by atoms with Crippen molar-refractivity contribution in [2.45, 2.75) is 31.1 Å².